The minimum absolute atomic E-state index is 0.0894. The van der Waals surface area contributed by atoms with Crippen molar-refractivity contribution in [1.29, 1.82) is 0 Å². The van der Waals surface area contributed by atoms with Gasteiger partial charge in [0, 0.05) is 42.5 Å². The normalized spacial score (nSPS) is 13.9. The maximum absolute atomic E-state index is 12.6. The lowest BCUT2D eigenvalue weighted by Crippen LogP contribution is -2.35. The van der Waals surface area contributed by atoms with Crippen LogP contribution in [0.15, 0.2) is 59.7 Å². The molecule has 8 heteroatoms. The second kappa shape index (κ2) is 7.57. The molecule has 3 aromatic heterocycles. The Morgan fingerprint density at radius 3 is 2.80 bits per heavy atom. The van der Waals surface area contributed by atoms with Crippen molar-refractivity contribution in [2.75, 3.05) is 6.54 Å². The predicted molar refractivity (Wildman–Crippen MR) is 112 cm³/mol. The van der Waals surface area contributed by atoms with E-state index in [1.165, 1.54) is 0 Å². The van der Waals surface area contributed by atoms with E-state index in [1.54, 1.807) is 18.3 Å². The fraction of sp³-hybridized carbons (Fsp3) is 0.182. The van der Waals surface area contributed by atoms with Crippen LogP contribution in [0.2, 0.25) is 0 Å². The summed E-state index contributed by atoms with van der Waals surface area (Å²) in [7, 11) is 0. The minimum atomic E-state index is -0.0894. The van der Waals surface area contributed by atoms with Gasteiger partial charge in [0.1, 0.15) is 11.4 Å². The van der Waals surface area contributed by atoms with Gasteiger partial charge in [0.15, 0.2) is 5.82 Å². The molecule has 0 fully saturated rings. The number of aromatic nitrogens is 5. The zero-order valence-corrected chi connectivity index (χ0v) is 16.2. The number of nitrogens with one attached hydrogen (secondary N) is 2. The number of phenols is 1. The van der Waals surface area contributed by atoms with Gasteiger partial charge in [0.25, 0.3) is 5.56 Å². The quantitative estimate of drug-likeness (QED) is 0.485. The summed E-state index contributed by atoms with van der Waals surface area (Å²) in [5.74, 6) is 0.724. The van der Waals surface area contributed by atoms with E-state index in [2.05, 4.69) is 25.1 Å². The molecule has 0 spiro atoms. The molecule has 30 heavy (non-hydrogen) atoms. The van der Waals surface area contributed by atoms with E-state index in [4.69, 9.17) is 4.98 Å². The van der Waals surface area contributed by atoms with Crippen molar-refractivity contribution in [3.05, 3.63) is 82.0 Å². The predicted octanol–water partition coefficient (Wildman–Crippen LogP) is 2.49. The third kappa shape index (κ3) is 3.48. The molecule has 4 heterocycles. The summed E-state index contributed by atoms with van der Waals surface area (Å²) in [6.07, 6.45) is 4.15. The fourth-order valence-corrected chi connectivity index (χ4v) is 3.80. The van der Waals surface area contributed by atoms with Gasteiger partial charge in [-0.05, 0) is 42.8 Å². The van der Waals surface area contributed by atoms with Crippen LogP contribution in [0.3, 0.4) is 0 Å². The monoisotopic (exact) mass is 400 g/mol. The van der Waals surface area contributed by atoms with Gasteiger partial charge in [0.05, 0.1) is 17.6 Å². The number of benzene rings is 1. The fourth-order valence-electron chi connectivity index (χ4n) is 3.80. The number of aromatic amines is 2. The molecule has 0 atom stereocenters. The third-order valence-electron chi connectivity index (χ3n) is 5.33. The van der Waals surface area contributed by atoms with E-state index >= 15 is 0 Å². The molecule has 0 bridgehead atoms. The summed E-state index contributed by atoms with van der Waals surface area (Å²) < 4.78 is 0. The Labute approximate surface area is 172 Å². The highest BCUT2D eigenvalue weighted by molar-refractivity contribution is 5.63. The summed E-state index contributed by atoms with van der Waals surface area (Å²) >= 11 is 0. The van der Waals surface area contributed by atoms with Crippen LogP contribution in [0.5, 0.6) is 5.75 Å². The van der Waals surface area contributed by atoms with E-state index in [-0.39, 0.29) is 11.3 Å². The van der Waals surface area contributed by atoms with Crippen LogP contribution in [0.4, 0.5) is 0 Å². The number of fused-ring (bicyclic) bond motifs is 1. The number of hydrogen-bond donors (Lipinski definition) is 3. The SMILES string of the molecule is O=c1[nH]c(-c2ccccn2)nc2c1CCN(Cc1cn[nH]c1-c1ccc(O)cc1)C2. The Bertz CT molecular complexity index is 1230. The molecule has 0 unspecified atom stereocenters. The van der Waals surface area contributed by atoms with Crippen LogP contribution in [-0.4, -0.2) is 41.7 Å². The first-order valence-corrected chi connectivity index (χ1v) is 9.75. The molecule has 1 aliphatic rings. The Hall–Kier alpha value is -3.78. The van der Waals surface area contributed by atoms with Crippen LogP contribution < -0.4 is 5.56 Å². The van der Waals surface area contributed by atoms with Crippen LogP contribution in [0, 0.1) is 0 Å². The van der Waals surface area contributed by atoms with Gasteiger partial charge in [-0.3, -0.25) is 19.8 Å². The summed E-state index contributed by atoms with van der Waals surface area (Å²) in [6, 6.07) is 12.6. The number of nitrogens with zero attached hydrogens (tertiary/aromatic N) is 4. The molecule has 1 aromatic carbocycles. The highest BCUT2D eigenvalue weighted by Crippen LogP contribution is 2.26. The van der Waals surface area contributed by atoms with Crippen molar-refractivity contribution in [2.45, 2.75) is 19.5 Å². The lowest BCUT2D eigenvalue weighted by atomic mass is 10.0. The first-order chi connectivity index (χ1) is 14.7. The largest absolute Gasteiger partial charge is 0.508 e. The Morgan fingerprint density at radius 1 is 1.13 bits per heavy atom. The van der Waals surface area contributed by atoms with Gasteiger partial charge in [-0.1, -0.05) is 6.07 Å². The molecule has 4 aromatic rings. The molecule has 0 radical (unpaired) electrons. The van der Waals surface area contributed by atoms with Gasteiger partial charge >= 0.3 is 0 Å². The minimum Gasteiger partial charge on any atom is -0.508 e. The van der Waals surface area contributed by atoms with Gasteiger partial charge in [-0.25, -0.2) is 4.98 Å². The zero-order valence-electron chi connectivity index (χ0n) is 16.2. The number of aromatic hydroxyl groups is 1. The standard InChI is InChI=1S/C22H20N6O2/c29-16-6-4-14(5-7-16)20-15(11-24-27-20)12-28-10-8-17-19(13-28)25-21(26-22(17)30)18-3-1-2-9-23-18/h1-7,9,11,29H,8,10,12-13H2,(H,24,27)(H,25,26,30). The lowest BCUT2D eigenvalue weighted by Gasteiger charge is -2.27. The van der Waals surface area contributed by atoms with Crippen molar-refractivity contribution in [1.82, 2.24) is 30.0 Å². The lowest BCUT2D eigenvalue weighted by molar-refractivity contribution is 0.241. The number of rotatable bonds is 4. The Kier molecular flexibility index (Phi) is 4.61. The first kappa shape index (κ1) is 18.3. The smallest absolute Gasteiger partial charge is 0.254 e. The highest BCUT2D eigenvalue weighted by atomic mass is 16.3. The van der Waals surface area contributed by atoms with Gasteiger partial charge in [0.2, 0.25) is 0 Å². The van der Waals surface area contributed by atoms with Crippen molar-refractivity contribution < 1.29 is 5.11 Å². The van der Waals surface area contributed by atoms with Crippen LogP contribution in [0.25, 0.3) is 22.8 Å². The van der Waals surface area contributed by atoms with Crippen molar-refractivity contribution in [3.63, 3.8) is 0 Å². The molecular formula is C22H20N6O2. The number of phenolic OH excluding ortho intramolecular Hbond substituents is 1. The second-order valence-corrected chi connectivity index (χ2v) is 7.33. The van der Waals surface area contributed by atoms with Crippen molar-refractivity contribution >= 4 is 0 Å². The second-order valence-electron chi connectivity index (χ2n) is 7.33. The molecule has 1 aliphatic heterocycles. The number of hydrogen-bond acceptors (Lipinski definition) is 6. The Balaban J connectivity index is 1.40. The maximum Gasteiger partial charge on any atom is 0.254 e. The molecule has 0 saturated heterocycles. The molecule has 3 N–H and O–H groups in total. The Morgan fingerprint density at radius 2 is 2.00 bits per heavy atom. The summed E-state index contributed by atoms with van der Waals surface area (Å²) in [5, 5.41) is 16.8. The van der Waals surface area contributed by atoms with E-state index in [0.717, 1.165) is 34.6 Å². The van der Waals surface area contributed by atoms with Crippen molar-refractivity contribution in [3.8, 4) is 28.5 Å². The van der Waals surface area contributed by atoms with Crippen LogP contribution in [-0.2, 0) is 19.5 Å². The molecule has 150 valence electrons. The van der Waals surface area contributed by atoms with Gasteiger partial charge in [-0.2, -0.15) is 5.10 Å². The molecule has 0 aliphatic carbocycles. The van der Waals surface area contributed by atoms with E-state index < -0.39 is 0 Å². The first-order valence-electron chi connectivity index (χ1n) is 9.75. The highest BCUT2D eigenvalue weighted by Gasteiger charge is 2.23. The summed E-state index contributed by atoms with van der Waals surface area (Å²) in [4.78, 5) is 26.7. The average molecular weight is 400 g/mol. The number of H-pyrrole nitrogens is 2. The maximum atomic E-state index is 12.6. The molecule has 8 nitrogen and oxygen atoms in total. The zero-order chi connectivity index (χ0) is 20.5. The number of pyridine rings is 1. The summed E-state index contributed by atoms with van der Waals surface area (Å²) in [5.41, 5.74) is 5.04. The van der Waals surface area contributed by atoms with Crippen molar-refractivity contribution in [2.24, 2.45) is 0 Å². The molecule has 0 saturated carbocycles. The molecular weight excluding hydrogens is 380 g/mol. The topological polar surface area (TPSA) is 111 Å². The van der Waals surface area contributed by atoms with Crippen LogP contribution in [0.1, 0.15) is 16.8 Å². The van der Waals surface area contributed by atoms with E-state index in [1.807, 2.05) is 36.5 Å². The van der Waals surface area contributed by atoms with E-state index in [9.17, 15) is 9.90 Å². The van der Waals surface area contributed by atoms with Gasteiger partial charge < -0.3 is 10.1 Å². The van der Waals surface area contributed by atoms with Crippen LogP contribution >= 0.6 is 0 Å². The summed E-state index contributed by atoms with van der Waals surface area (Å²) in [6.45, 7) is 2.03. The molecule has 0 amide bonds. The molecule has 5 rings (SSSR count). The van der Waals surface area contributed by atoms with Gasteiger partial charge in [-0.15, -0.1) is 0 Å². The van der Waals surface area contributed by atoms with E-state index in [0.29, 0.717) is 31.0 Å². The third-order valence-corrected chi connectivity index (χ3v) is 5.33. The average Bonchev–Trinajstić information content (AvgIpc) is 3.22.